The molecule has 1 fully saturated rings. The summed E-state index contributed by atoms with van der Waals surface area (Å²) in [6, 6.07) is 0. The largest absolute Gasteiger partial charge is 0.325 e. The van der Waals surface area contributed by atoms with Gasteiger partial charge >= 0.3 is 0 Å². The molecule has 78 valence electrons. The van der Waals surface area contributed by atoms with Gasteiger partial charge in [0.25, 0.3) is 0 Å². The van der Waals surface area contributed by atoms with Gasteiger partial charge < -0.3 is 5.73 Å². The van der Waals surface area contributed by atoms with Gasteiger partial charge in [-0.15, -0.1) is 11.3 Å². The molecule has 0 spiro atoms. The van der Waals surface area contributed by atoms with Gasteiger partial charge in [0, 0.05) is 18.3 Å². The molecule has 0 radical (unpaired) electrons. The number of thiazole rings is 1. The van der Waals surface area contributed by atoms with Crippen molar-refractivity contribution in [3.63, 3.8) is 0 Å². The standard InChI is InChI=1S/C10H16N2S2/c11-5-9-7-14-10(12-9)4-8-2-1-3-13-6-8/h7-8H,1-6,11H2. The number of hydrogen-bond acceptors (Lipinski definition) is 4. The van der Waals surface area contributed by atoms with E-state index in [4.69, 9.17) is 5.73 Å². The zero-order valence-corrected chi connectivity index (χ0v) is 9.87. The Morgan fingerprint density at radius 3 is 3.14 bits per heavy atom. The van der Waals surface area contributed by atoms with Crippen molar-refractivity contribution in [2.24, 2.45) is 11.7 Å². The maximum Gasteiger partial charge on any atom is 0.0931 e. The molecule has 14 heavy (non-hydrogen) atoms. The van der Waals surface area contributed by atoms with Crippen LogP contribution in [0.1, 0.15) is 23.5 Å². The van der Waals surface area contributed by atoms with Gasteiger partial charge in [0.1, 0.15) is 0 Å². The molecular weight excluding hydrogens is 212 g/mol. The quantitative estimate of drug-likeness (QED) is 0.862. The van der Waals surface area contributed by atoms with Crippen LogP contribution < -0.4 is 5.73 Å². The molecular formula is C10H16N2S2. The molecule has 0 saturated carbocycles. The second kappa shape index (κ2) is 5.14. The molecule has 1 atom stereocenters. The molecule has 0 aliphatic carbocycles. The molecule has 1 unspecified atom stereocenters. The third-order valence-electron chi connectivity index (χ3n) is 2.53. The topological polar surface area (TPSA) is 38.9 Å². The van der Waals surface area contributed by atoms with Gasteiger partial charge in [0.05, 0.1) is 10.7 Å². The van der Waals surface area contributed by atoms with Crippen LogP contribution in [-0.4, -0.2) is 16.5 Å². The van der Waals surface area contributed by atoms with Gasteiger partial charge in [-0.2, -0.15) is 11.8 Å². The van der Waals surface area contributed by atoms with Crippen LogP contribution >= 0.6 is 23.1 Å². The smallest absolute Gasteiger partial charge is 0.0931 e. The monoisotopic (exact) mass is 228 g/mol. The van der Waals surface area contributed by atoms with Crippen LogP contribution in [0.3, 0.4) is 0 Å². The van der Waals surface area contributed by atoms with Crippen LogP contribution in [0.25, 0.3) is 0 Å². The maximum atomic E-state index is 5.54. The Balaban J connectivity index is 1.89. The van der Waals surface area contributed by atoms with Crippen molar-refractivity contribution < 1.29 is 0 Å². The highest BCUT2D eigenvalue weighted by Gasteiger charge is 2.15. The number of nitrogens with zero attached hydrogens (tertiary/aromatic N) is 1. The summed E-state index contributed by atoms with van der Waals surface area (Å²) in [5, 5.41) is 3.36. The zero-order valence-electron chi connectivity index (χ0n) is 8.24. The molecule has 4 heteroatoms. The lowest BCUT2D eigenvalue weighted by Crippen LogP contribution is -2.13. The average molecular weight is 228 g/mol. The Labute approximate surface area is 93.3 Å². The summed E-state index contributed by atoms with van der Waals surface area (Å²) in [6.07, 6.45) is 3.92. The van der Waals surface area contributed by atoms with E-state index < -0.39 is 0 Å². The van der Waals surface area contributed by atoms with Crippen LogP contribution in [-0.2, 0) is 13.0 Å². The summed E-state index contributed by atoms with van der Waals surface area (Å²) in [4.78, 5) is 4.51. The van der Waals surface area contributed by atoms with Crippen molar-refractivity contribution >= 4 is 23.1 Å². The van der Waals surface area contributed by atoms with E-state index in [2.05, 4.69) is 22.1 Å². The van der Waals surface area contributed by atoms with E-state index in [-0.39, 0.29) is 0 Å². The first-order chi connectivity index (χ1) is 6.88. The van der Waals surface area contributed by atoms with E-state index in [0.29, 0.717) is 6.54 Å². The molecule has 0 bridgehead atoms. The summed E-state index contributed by atoms with van der Waals surface area (Å²) in [7, 11) is 0. The lowest BCUT2D eigenvalue weighted by atomic mass is 10.0. The second-order valence-corrected chi connectivity index (χ2v) is 5.82. The van der Waals surface area contributed by atoms with E-state index >= 15 is 0 Å². The molecule has 0 aromatic carbocycles. The Hall–Kier alpha value is -0.0600. The normalized spacial score (nSPS) is 22.5. The van der Waals surface area contributed by atoms with Crippen LogP contribution in [0.15, 0.2) is 5.38 Å². The van der Waals surface area contributed by atoms with Gasteiger partial charge in [-0.05, 0) is 30.3 Å². The number of thioether (sulfide) groups is 1. The minimum absolute atomic E-state index is 0.579. The highest BCUT2D eigenvalue weighted by Crippen LogP contribution is 2.26. The molecule has 0 amide bonds. The fraction of sp³-hybridized carbons (Fsp3) is 0.700. The van der Waals surface area contributed by atoms with E-state index in [0.717, 1.165) is 18.0 Å². The van der Waals surface area contributed by atoms with Gasteiger partial charge in [0.15, 0.2) is 0 Å². The van der Waals surface area contributed by atoms with E-state index in [1.165, 1.54) is 29.4 Å². The van der Waals surface area contributed by atoms with Crippen molar-refractivity contribution in [3.8, 4) is 0 Å². The Morgan fingerprint density at radius 2 is 2.50 bits per heavy atom. The zero-order chi connectivity index (χ0) is 9.80. The van der Waals surface area contributed by atoms with Crippen molar-refractivity contribution in [1.82, 2.24) is 4.98 Å². The Kier molecular flexibility index (Phi) is 3.84. The molecule has 1 saturated heterocycles. The lowest BCUT2D eigenvalue weighted by Gasteiger charge is -2.19. The van der Waals surface area contributed by atoms with Gasteiger partial charge in [-0.1, -0.05) is 0 Å². The fourth-order valence-corrected chi connectivity index (χ4v) is 3.83. The summed E-state index contributed by atoms with van der Waals surface area (Å²) in [5.41, 5.74) is 6.59. The summed E-state index contributed by atoms with van der Waals surface area (Å²) in [5.74, 6) is 3.52. The van der Waals surface area contributed by atoms with Crippen LogP contribution in [0.5, 0.6) is 0 Å². The number of rotatable bonds is 3. The molecule has 2 heterocycles. The second-order valence-electron chi connectivity index (χ2n) is 3.72. The third-order valence-corrected chi connectivity index (χ3v) is 4.73. The minimum Gasteiger partial charge on any atom is -0.325 e. The predicted octanol–water partition coefficient (Wildman–Crippen LogP) is 2.29. The SMILES string of the molecule is NCc1csc(CC2CCCSC2)n1. The van der Waals surface area contributed by atoms with Gasteiger partial charge in [-0.3, -0.25) is 0 Å². The molecule has 1 aliphatic rings. The molecule has 2 rings (SSSR count). The highest BCUT2D eigenvalue weighted by atomic mass is 32.2. The van der Waals surface area contributed by atoms with Crippen LogP contribution in [0.2, 0.25) is 0 Å². The van der Waals surface area contributed by atoms with Gasteiger partial charge in [-0.25, -0.2) is 4.98 Å². The molecule has 2 N–H and O–H groups in total. The molecule has 1 aromatic rings. The highest BCUT2D eigenvalue weighted by molar-refractivity contribution is 7.99. The Bertz CT molecular complexity index is 279. The summed E-state index contributed by atoms with van der Waals surface area (Å²) in [6.45, 7) is 0.579. The van der Waals surface area contributed by atoms with E-state index in [9.17, 15) is 0 Å². The van der Waals surface area contributed by atoms with Crippen molar-refractivity contribution in [2.45, 2.75) is 25.8 Å². The summed E-state index contributed by atoms with van der Waals surface area (Å²) >= 11 is 3.85. The van der Waals surface area contributed by atoms with Crippen molar-refractivity contribution in [1.29, 1.82) is 0 Å². The number of nitrogens with two attached hydrogens (primary N) is 1. The van der Waals surface area contributed by atoms with E-state index in [1.54, 1.807) is 11.3 Å². The first kappa shape index (κ1) is 10.5. The number of aromatic nitrogens is 1. The lowest BCUT2D eigenvalue weighted by molar-refractivity contribution is 0.519. The first-order valence-corrected chi connectivity index (χ1v) is 7.13. The van der Waals surface area contributed by atoms with Gasteiger partial charge in [0.2, 0.25) is 0 Å². The fourth-order valence-electron chi connectivity index (χ4n) is 1.75. The first-order valence-electron chi connectivity index (χ1n) is 5.09. The van der Waals surface area contributed by atoms with Crippen molar-refractivity contribution in [2.75, 3.05) is 11.5 Å². The summed E-state index contributed by atoms with van der Waals surface area (Å²) < 4.78 is 0. The number of hydrogen-bond donors (Lipinski definition) is 1. The predicted molar refractivity (Wildman–Crippen MR) is 63.8 cm³/mol. The molecule has 2 nitrogen and oxygen atoms in total. The van der Waals surface area contributed by atoms with Crippen LogP contribution in [0, 0.1) is 5.92 Å². The average Bonchev–Trinajstić information content (AvgIpc) is 2.67. The van der Waals surface area contributed by atoms with Crippen LogP contribution in [0.4, 0.5) is 0 Å². The van der Waals surface area contributed by atoms with Crippen molar-refractivity contribution in [3.05, 3.63) is 16.1 Å². The maximum absolute atomic E-state index is 5.54. The molecule has 1 aliphatic heterocycles. The Morgan fingerprint density at radius 1 is 1.57 bits per heavy atom. The van der Waals surface area contributed by atoms with E-state index in [1.807, 2.05) is 0 Å². The molecule has 1 aromatic heterocycles. The minimum atomic E-state index is 0.579. The third kappa shape index (κ3) is 2.72.